The second-order valence-corrected chi connectivity index (χ2v) is 7.62. The van der Waals surface area contributed by atoms with Crippen LogP contribution in [0.25, 0.3) is 10.9 Å². The van der Waals surface area contributed by atoms with Crippen molar-refractivity contribution in [2.75, 3.05) is 24.0 Å². The molecule has 0 spiro atoms. The van der Waals surface area contributed by atoms with Crippen molar-refractivity contribution in [1.82, 2.24) is 14.5 Å². The highest BCUT2D eigenvalue weighted by molar-refractivity contribution is 5.83. The Bertz CT molecular complexity index is 1110. The van der Waals surface area contributed by atoms with Gasteiger partial charge in [0.1, 0.15) is 11.3 Å². The molecule has 5 rings (SSSR count). The fourth-order valence-corrected chi connectivity index (χ4v) is 4.01. The van der Waals surface area contributed by atoms with E-state index in [1.165, 1.54) is 0 Å². The molecule has 2 aliphatic rings. The van der Waals surface area contributed by atoms with Gasteiger partial charge in [-0.05, 0) is 49.6 Å². The third kappa shape index (κ3) is 2.76. The average Bonchev–Trinajstić information content (AvgIpc) is 3.24. The summed E-state index contributed by atoms with van der Waals surface area (Å²) in [6.07, 6.45) is 3.78. The first kappa shape index (κ1) is 17.3. The van der Waals surface area contributed by atoms with Gasteiger partial charge in [-0.2, -0.15) is 5.10 Å². The van der Waals surface area contributed by atoms with E-state index in [-0.39, 0.29) is 6.04 Å². The van der Waals surface area contributed by atoms with Gasteiger partial charge in [-0.15, -0.1) is 0 Å². The van der Waals surface area contributed by atoms with Crippen molar-refractivity contribution < 1.29 is 4.74 Å². The van der Waals surface area contributed by atoms with Crippen molar-refractivity contribution in [3.63, 3.8) is 0 Å². The smallest absolute Gasteiger partial charge is 0.204 e. The van der Waals surface area contributed by atoms with E-state index in [0.29, 0.717) is 0 Å². The van der Waals surface area contributed by atoms with Crippen LogP contribution in [0, 0.1) is 6.92 Å². The maximum absolute atomic E-state index is 6.78. The fourth-order valence-electron chi connectivity index (χ4n) is 4.01. The Labute approximate surface area is 163 Å². The fraction of sp³-hybridized carbons (Fsp3) is 0.400. The lowest BCUT2D eigenvalue weighted by molar-refractivity contribution is 0.0861. The molecule has 4 N–H and O–H groups in total. The molecule has 1 unspecified atom stereocenters. The Balaban J connectivity index is 1.55. The minimum Gasteiger partial charge on any atom is -0.381 e. The summed E-state index contributed by atoms with van der Waals surface area (Å²) in [6, 6.07) is 10.5. The number of aryl methyl sites for hydroxylation is 2. The van der Waals surface area contributed by atoms with Gasteiger partial charge >= 0.3 is 0 Å². The van der Waals surface area contributed by atoms with E-state index < -0.39 is 5.79 Å². The summed E-state index contributed by atoms with van der Waals surface area (Å²) < 4.78 is 9.26. The molecule has 1 fully saturated rings. The van der Waals surface area contributed by atoms with Crippen molar-refractivity contribution in [2.24, 2.45) is 17.8 Å². The summed E-state index contributed by atoms with van der Waals surface area (Å²) in [7, 11) is 1.94. The van der Waals surface area contributed by atoms with E-state index in [2.05, 4.69) is 34.9 Å². The van der Waals surface area contributed by atoms with Crippen LogP contribution in [0.1, 0.15) is 24.0 Å². The number of hydrogen-bond donors (Lipinski definition) is 3. The molecule has 1 aromatic carbocycles. The van der Waals surface area contributed by atoms with E-state index in [9.17, 15) is 0 Å². The van der Waals surface area contributed by atoms with Crippen LogP contribution in [-0.2, 0) is 17.6 Å². The standard InChI is InChI=1S/C20H25N7O/c1-13-10-14(11-17-16(13)12-22-26(17)2)20(21)24-19-5-3-4-18(27(19)25-20)23-15-6-8-28-9-7-15/h3-5,10-12,15,24-25H,6-9,21H2,1-2H3. The van der Waals surface area contributed by atoms with Crippen molar-refractivity contribution in [1.29, 1.82) is 0 Å². The molecule has 146 valence electrons. The summed E-state index contributed by atoms with van der Waals surface area (Å²) in [5.41, 5.74) is 14.2. The molecule has 0 saturated carbocycles. The van der Waals surface area contributed by atoms with E-state index in [0.717, 1.165) is 59.4 Å². The quantitative estimate of drug-likeness (QED) is 0.627. The Morgan fingerprint density at radius 2 is 2.11 bits per heavy atom. The van der Waals surface area contributed by atoms with Crippen LogP contribution in [0.4, 0.5) is 5.82 Å². The molecule has 2 aromatic heterocycles. The van der Waals surface area contributed by atoms with Crippen LogP contribution in [0.3, 0.4) is 0 Å². The topological polar surface area (TPSA) is 94.4 Å². The first-order valence-electron chi connectivity index (χ1n) is 9.65. The zero-order valence-electron chi connectivity index (χ0n) is 16.1. The lowest BCUT2D eigenvalue weighted by Gasteiger charge is -2.26. The molecule has 8 heteroatoms. The number of anilines is 1. The molecule has 1 atom stereocenters. The Morgan fingerprint density at radius 3 is 2.93 bits per heavy atom. The molecule has 0 aliphatic carbocycles. The molecular formula is C20H25N7O. The minimum absolute atomic E-state index is 0.273. The number of nitrogens with two attached hydrogens (primary N) is 1. The van der Waals surface area contributed by atoms with Crippen LogP contribution in [0.5, 0.6) is 0 Å². The SMILES string of the molecule is Cc1cc(C2(N)Nc3cccc(=NC4CCOCC4)n3N2)cc2c1cnn2C. The van der Waals surface area contributed by atoms with Gasteiger partial charge in [-0.1, -0.05) is 6.07 Å². The second-order valence-electron chi connectivity index (χ2n) is 7.62. The number of hydrogen-bond acceptors (Lipinski definition) is 6. The van der Waals surface area contributed by atoms with Gasteiger partial charge in [0, 0.05) is 31.2 Å². The van der Waals surface area contributed by atoms with Crippen molar-refractivity contribution in [2.45, 2.75) is 31.6 Å². The molecule has 28 heavy (non-hydrogen) atoms. The van der Waals surface area contributed by atoms with E-state index in [1.807, 2.05) is 40.8 Å². The molecule has 0 amide bonds. The zero-order chi connectivity index (χ0) is 19.3. The highest BCUT2D eigenvalue weighted by Crippen LogP contribution is 2.29. The van der Waals surface area contributed by atoms with Gasteiger partial charge in [-0.3, -0.25) is 20.8 Å². The van der Waals surface area contributed by atoms with Gasteiger partial charge < -0.3 is 10.1 Å². The van der Waals surface area contributed by atoms with E-state index in [1.54, 1.807) is 0 Å². The number of nitrogens with zero attached hydrogens (tertiary/aromatic N) is 4. The monoisotopic (exact) mass is 379 g/mol. The maximum atomic E-state index is 6.78. The van der Waals surface area contributed by atoms with Crippen molar-refractivity contribution in [3.05, 3.63) is 53.1 Å². The predicted octanol–water partition coefficient (Wildman–Crippen LogP) is 1.50. The first-order valence-corrected chi connectivity index (χ1v) is 9.65. The number of rotatable bonds is 2. The number of fused-ring (bicyclic) bond motifs is 2. The van der Waals surface area contributed by atoms with Gasteiger partial charge in [0.2, 0.25) is 5.79 Å². The number of aromatic nitrogens is 3. The summed E-state index contributed by atoms with van der Waals surface area (Å²) in [4.78, 5) is 4.93. The summed E-state index contributed by atoms with van der Waals surface area (Å²) in [5.74, 6) is -0.0455. The van der Waals surface area contributed by atoms with Crippen LogP contribution >= 0.6 is 0 Å². The Kier molecular flexibility index (Phi) is 3.92. The summed E-state index contributed by atoms with van der Waals surface area (Å²) >= 11 is 0. The highest BCUT2D eigenvalue weighted by Gasteiger charge is 2.35. The molecular weight excluding hydrogens is 354 g/mol. The molecule has 2 aliphatic heterocycles. The number of benzene rings is 1. The second kappa shape index (κ2) is 6.35. The Hall–Kier alpha value is -2.84. The van der Waals surface area contributed by atoms with Gasteiger partial charge in [0.25, 0.3) is 0 Å². The molecule has 0 bridgehead atoms. The molecule has 3 aromatic rings. The number of nitrogens with one attached hydrogen (secondary N) is 2. The number of ether oxygens (including phenoxy) is 1. The predicted molar refractivity (Wildman–Crippen MR) is 108 cm³/mol. The van der Waals surface area contributed by atoms with E-state index in [4.69, 9.17) is 15.5 Å². The molecule has 1 saturated heterocycles. The van der Waals surface area contributed by atoms with E-state index >= 15 is 0 Å². The van der Waals surface area contributed by atoms with Gasteiger partial charge in [0.15, 0.2) is 0 Å². The molecule has 4 heterocycles. The average molecular weight is 379 g/mol. The van der Waals surface area contributed by atoms with Crippen LogP contribution in [0.15, 0.2) is 41.5 Å². The summed E-state index contributed by atoms with van der Waals surface area (Å²) in [5, 5.41) is 8.93. The van der Waals surface area contributed by atoms with Crippen molar-refractivity contribution >= 4 is 16.7 Å². The van der Waals surface area contributed by atoms with Crippen LogP contribution in [-0.4, -0.2) is 33.7 Å². The normalized spacial score (nSPS) is 22.9. The Morgan fingerprint density at radius 1 is 1.29 bits per heavy atom. The van der Waals surface area contributed by atoms with Gasteiger partial charge in [0.05, 0.1) is 17.8 Å². The number of pyridine rings is 1. The van der Waals surface area contributed by atoms with Crippen molar-refractivity contribution in [3.8, 4) is 0 Å². The summed E-state index contributed by atoms with van der Waals surface area (Å²) in [6.45, 7) is 3.62. The largest absolute Gasteiger partial charge is 0.381 e. The highest BCUT2D eigenvalue weighted by atomic mass is 16.5. The molecule has 8 nitrogen and oxygen atoms in total. The van der Waals surface area contributed by atoms with Crippen LogP contribution in [0.2, 0.25) is 0 Å². The third-order valence-corrected chi connectivity index (χ3v) is 5.62. The van der Waals surface area contributed by atoms with Crippen LogP contribution < -0.4 is 22.0 Å². The maximum Gasteiger partial charge on any atom is 0.204 e. The minimum atomic E-state index is -0.933. The zero-order valence-corrected chi connectivity index (χ0v) is 16.1. The lowest BCUT2D eigenvalue weighted by Crippen LogP contribution is -2.50. The lowest BCUT2D eigenvalue weighted by atomic mass is 10.0. The first-order chi connectivity index (χ1) is 13.5. The third-order valence-electron chi connectivity index (χ3n) is 5.62. The van der Waals surface area contributed by atoms with Gasteiger partial charge in [-0.25, -0.2) is 4.68 Å². The molecule has 0 radical (unpaired) electrons.